The molecule has 164 valence electrons. The fourth-order valence-corrected chi connectivity index (χ4v) is 3.23. The van der Waals surface area contributed by atoms with E-state index in [4.69, 9.17) is 4.74 Å². The van der Waals surface area contributed by atoms with E-state index in [1.165, 1.54) is 12.1 Å². The highest BCUT2D eigenvalue weighted by Gasteiger charge is 2.09. The van der Waals surface area contributed by atoms with E-state index in [9.17, 15) is 13.6 Å². The molecule has 4 aromatic rings. The van der Waals surface area contributed by atoms with E-state index >= 15 is 0 Å². The zero-order chi connectivity index (χ0) is 22.5. The molecular weight excluding hydrogens is 416 g/mol. The molecule has 0 unspecified atom stereocenters. The van der Waals surface area contributed by atoms with Crippen molar-refractivity contribution in [3.63, 3.8) is 0 Å². The van der Waals surface area contributed by atoms with Gasteiger partial charge < -0.3 is 19.2 Å². The lowest BCUT2D eigenvalue weighted by Gasteiger charge is -2.09. The van der Waals surface area contributed by atoms with Crippen molar-refractivity contribution in [1.29, 1.82) is 0 Å². The first-order valence-corrected chi connectivity index (χ1v) is 9.96. The summed E-state index contributed by atoms with van der Waals surface area (Å²) in [5, 5.41) is 2.80. The SMILES string of the molecule is Cc1cccn2cc(COc3cccc(C(=O)NCc4ccc(OC(F)F)cc4)c3)nc12. The minimum Gasteiger partial charge on any atom is -0.487 e. The van der Waals surface area contributed by atoms with Crippen molar-refractivity contribution < 1.29 is 23.0 Å². The number of alkyl halides is 2. The largest absolute Gasteiger partial charge is 0.487 e. The Morgan fingerprint density at radius 1 is 1.09 bits per heavy atom. The molecule has 0 saturated heterocycles. The average molecular weight is 437 g/mol. The predicted molar refractivity (Wildman–Crippen MR) is 115 cm³/mol. The molecule has 8 heteroatoms. The van der Waals surface area contributed by atoms with E-state index in [-0.39, 0.29) is 24.8 Å². The van der Waals surface area contributed by atoms with E-state index in [2.05, 4.69) is 15.0 Å². The van der Waals surface area contributed by atoms with E-state index in [1.54, 1.807) is 36.4 Å². The number of ether oxygens (including phenoxy) is 2. The van der Waals surface area contributed by atoms with Crippen molar-refractivity contribution in [3.05, 3.63) is 95.4 Å². The molecule has 2 aromatic heterocycles. The Bertz CT molecular complexity index is 1220. The predicted octanol–water partition coefficient (Wildman–Crippen LogP) is 4.75. The van der Waals surface area contributed by atoms with Gasteiger partial charge in [-0.2, -0.15) is 8.78 Å². The Labute approximate surface area is 183 Å². The maximum Gasteiger partial charge on any atom is 0.387 e. The van der Waals surface area contributed by atoms with E-state index in [0.29, 0.717) is 11.3 Å². The Morgan fingerprint density at radius 3 is 2.66 bits per heavy atom. The van der Waals surface area contributed by atoms with Gasteiger partial charge in [-0.3, -0.25) is 4.79 Å². The van der Waals surface area contributed by atoms with Crippen molar-refractivity contribution in [1.82, 2.24) is 14.7 Å². The van der Waals surface area contributed by atoms with Gasteiger partial charge in [-0.15, -0.1) is 0 Å². The number of amides is 1. The van der Waals surface area contributed by atoms with Crippen molar-refractivity contribution in [2.75, 3.05) is 0 Å². The fourth-order valence-electron chi connectivity index (χ4n) is 3.23. The minimum atomic E-state index is -2.87. The van der Waals surface area contributed by atoms with Gasteiger partial charge in [0.1, 0.15) is 23.8 Å². The molecule has 0 atom stereocenters. The number of carbonyl (C=O) groups excluding carboxylic acids is 1. The molecule has 0 aliphatic heterocycles. The van der Waals surface area contributed by atoms with Crippen LogP contribution in [0.5, 0.6) is 11.5 Å². The summed E-state index contributed by atoms with van der Waals surface area (Å²) < 4.78 is 36.5. The summed E-state index contributed by atoms with van der Waals surface area (Å²) in [6, 6.07) is 16.9. The summed E-state index contributed by atoms with van der Waals surface area (Å²) in [6.45, 7) is -0.342. The molecule has 0 spiro atoms. The molecule has 1 amide bonds. The number of rotatable bonds is 8. The average Bonchev–Trinajstić information content (AvgIpc) is 3.21. The number of aryl methyl sites for hydroxylation is 1. The summed E-state index contributed by atoms with van der Waals surface area (Å²) in [4.78, 5) is 17.1. The number of fused-ring (bicyclic) bond motifs is 1. The van der Waals surface area contributed by atoms with Gasteiger partial charge in [0.15, 0.2) is 0 Å². The molecule has 0 saturated carbocycles. The van der Waals surface area contributed by atoms with Crippen LogP contribution in [0.1, 0.15) is 27.2 Å². The number of hydrogen-bond acceptors (Lipinski definition) is 4. The number of imidazole rings is 1. The number of aromatic nitrogens is 2. The number of nitrogens with one attached hydrogen (secondary N) is 1. The first kappa shape index (κ1) is 21.3. The normalized spacial score (nSPS) is 11.0. The second-order valence-electron chi connectivity index (χ2n) is 7.18. The Hall–Kier alpha value is -3.94. The van der Waals surface area contributed by atoms with Crippen LogP contribution in [0, 0.1) is 6.92 Å². The van der Waals surface area contributed by atoms with Crippen LogP contribution in [0.15, 0.2) is 73.1 Å². The summed E-state index contributed by atoms with van der Waals surface area (Å²) in [6.07, 6.45) is 3.85. The van der Waals surface area contributed by atoms with Crippen LogP contribution < -0.4 is 14.8 Å². The molecule has 0 aliphatic rings. The summed E-state index contributed by atoms with van der Waals surface area (Å²) >= 11 is 0. The Morgan fingerprint density at radius 2 is 1.91 bits per heavy atom. The van der Waals surface area contributed by atoms with Gasteiger partial charge in [-0.05, 0) is 54.4 Å². The van der Waals surface area contributed by atoms with Crippen LogP contribution in [0.25, 0.3) is 5.65 Å². The van der Waals surface area contributed by atoms with Crippen LogP contribution in [0.2, 0.25) is 0 Å². The molecule has 6 nitrogen and oxygen atoms in total. The summed E-state index contributed by atoms with van der Waals surface area (Å²) in [5.41, 5.74) is 3.95. The van der Waals surface area contributed by atoms with Crippen LogP contribution in [-0.2, 0) is 13.2 Å². The first-order valence-electron chi connectivity index (χ1n) is 9.96. The third-order valence-electron chi connectivity index (χ3n) is 4.81. The van der Waals surface area contributed by atoms with Gasteiger partial charge in [0, 0.05) is 24.5 Å². The van der Waals surface area contributed by atoms with Gasteiger partial charge in [0.2, 0.25) is 0 Å². The summed E-state index contributed by atoms with van der Waals surface area (Å²) in [5.74, 6) is 0.354. The molecule has 1 N–H and O–H groups in total. The van der Waals surface area contributed by atoms with Crippen LogP contribution in [0.3, 0.4) is 0 Å². The molecule has 2 heterocycles. The van der Waals surface area contributed by atoms with Gasteiger partial charge >= 0.3 is 6.61 Å². The van der Waals surface area contributed by atoms with Gasteiger partial charge in [-0.1, -0.05) is 24.3 Å². The highest BCUT2D eigenvalue weighted by Crippen LogP contribution is 2.17. The number of benzene rings is 2. The lowest BCUT2D eigenvalue weighted by Crippen LogP contribution is -2.22. The maximum atomic E-state index is 12.5. The molecule has 0 aliphatic carbocycles. The van der Waals surface area contributed by atoms with E-state index < -0.39 is 6.61 Å². The molecule has 0 fully saturated rings. The third-order valence-corrected chi connectivity index (χ3v) is 4.81. The number of halogens is 2. The quantitative estimate of drug-likeness (QED) is 0.432. The zero-order valence-electron chi connectivity index (χ0n) is 17.3. The molecule has 0 radical (unpaired) electrons. The summed E-state index contributed by atoms with van der Waals surface area (Å²) in [7, 11) is 0. The smallest absolute Gasteiger partial charge is 0.387 e. The Kier molecular flexibility index (Phi) is 6.30. The molecular formula is C24H21F2N3O3. The molecule has 2 aromatic carbocycles. The third kappa shape index (κ3) is 5.21. The fraction of sp³-hybridized carbons (Fsp3) is 0.167. The van der Waals surface area contributed by atoms with Gasteiger partial charge in [0.05, 0.1) is 5.69 Å². The molecule has 0 bridgehead atoms. The lowest BCUT2D eigenvalue weighted by atomic mass is 10.2. The minimum absolute atomic E-state index is 0.0701. The van der Waals surface area contributed by atoms with E-state index in [1.807, 2.05) is 35.9 Å². The highest BCUT2D eigenvalue weighted by atomic mass is 19.3. The first-order chi connectivity index (χ1) is 15.5. The molecule has 4 rings (SSSR count). The van der Waals surface area contributed by atoms with Crippen LogP contribution in [-0.4, -0.2) is 21.9 Å². The number of hydrogen-bond donors (Lipinski definition) is 1. The zero-order valence-corrected chi connectivity index (χ0v) is 17.3. The number of nitrogens with zero attached hydrogens (tertiary/aromatic N) is 2. The maximum absolute atomic E-state index is 12.5. The second-order valence-corrected chi connectivity index (χ2v) is 7.18. The Balaban J connectivity index is 1.34. The van der Waals surface area contributed by atoms with Crippen molar-refractivity contribution in [3.8, 4) is 11.5 Å². The number of pyridine rings is 1. The lowest BCUT2D eigenvalue weighted by molar-refractivity contribution is -0.0498. The standard InChI is InChI=1S/C24H21F2N3O3/c1-16-4-3-11-29-14-19(28-22(16)29)15-31-21-6-2-5-18(12-21)23(30)27-13-17-7-9-20(10-8-17)32-24(25)26/h2-12,14,24H,13,15H2,1H3,(H,27,30). The molecule has 32 heavy (non-hydrogen) atoms. The van der Waals surface area contributed by atoms with E-state index in [0.717, 1.165) is 22.5 Å². The van der Waals surface area contributed by atoms with Crippen molar-refractivity contribution in [2.45, 2.75) is 26.7 Å². The van der Waals surface area contributed by atoms with Crippen molar-refractivity contribution in [2.24, 2.45) is 0 Å². The van der Waals surface area contributed by atoms with Crippen LogP contribution >= 0.6 is 0 Å². The topological polar surface area (TPSA) is 64.9 Å². The van der Waals surface area contributed by atoms with Gasteiger partial charge in [0.25, 0.3) is 5.91 Å². The van der Waals surface area contributed by atoms with Gasteiger partial charge in [-0.25, -0.2) is 4.98 Å². The highest BCUT2D eigenvalue weighted by molar-refractivity contribution is 5.94. The number of carbonyl (C=O) groups is 1. The van der Waals surface area contributed by atoms with Crippen LogP contribution in [0.4, 0.5) is 8.78 Å². The van der Waals surface area contributed by atoms with Crippen molar-refractivity contribution >= 4 is 11.6 Å². The monoisotopic (exact) mass is 437 g/mol. The second kappa shape index (κ2) is 9.47.